The van der Waals surface area contributed by atoms with E-state index in [1.165, 1.54) is 6.07 Å². The standard InChI is InChI=1S/C9H12FNO/c1-3-7-5-8(10)9(11-6-7)12-4-2/h5-6H,3-4H2,1-2H3. The second kappa shape index (κ2) is 4.04. The van der Waals surface area contributed by atoms with Crippen LogP contribution in [0, 0.1) is 5.82 Å². The van der Waals surface area contributed by atoms with Crippen molar-refractivity contribution in [2.45, 2.75) is 20.3 Å². The number of pyridine rings is 1. The van der Waals surface area contributed by atoms with E-state index in [1.54, 1.807) is 13.1 Å². The topological polar surface area (TPSA) is 22.1 Å². The van der Waals surface area contributed by atoms with Gasteiger partial charge in [0.1, 0.15) is 0 Å². The molecule has 0 unspecified atom stereocenters. The highest BCUT2D eigenvalue weighted by Gasteiger charge is 2.03. The second-order valence-corrected chi connectivity index (χ2v) is 2.42. The van der Waals surface area contributed by atoms with E-state index in [-0.39, 0.29) is 11.7 Å². The van der Waals surface area contributed by atoms with E-state index in [0.29, 0.717) is 6.61 Å². The van der Waals surface area contributed by atoms with Crippen LogP contribution in [0.15, 0.2) is 12.3 Å². The molecule has 0 aromatic carbocycles. The first-order valence-electron chi connectivity index (χ1n) is 4.05. The SMILES string of the molecule is CCOc1ncc(CC)cc1F. The molecule has 2 nitrogen and oxygen atoms in total. The summed E-state index contributed by atoms with van der Waals surface area (Å²) < 4.78 is 18.0. The van der Waals surface area contributed by atoms with E-state index in [1.807, 2.05) is 6.92 Å². The van der Waals surface area contributed by atoms with E-state index in [0.717, 1.165) is 12.0 Å². The van der Waals surface area contributed by atoms with Crippen molar-refractivity contribution < 1.29 is 9.13 Å². The Morgan fingerprint density at radius 1 is 1.50 bits per heavy atom. The minimum atomic E-state index is -0.379. The zero-order valence-corrected chi connectivity index (χ0v) is 7.30. The van der Waals surface area contributed by atoms with Gasteiger partial charge in [-0.2, -0.15) is 0 Å². The molecule has 0 spiro atoms. The lowest BCUT2D eigenvalue weighted by atomic mass is 10.2. The molecule has 0 saturated heterocycles. The van der Waals surface area contributed by atoms with Gasteiger partial charge in [-0.3, -0.25) is 0 Å². The first-order chi connectivity index (χ1) is 5.77. The third-order valence-electron chi connectivity index (χ3n) is 1.55. The predicted molar refractivity (Wildman–Crippen MR) is 44.7 cm³/mol. The van der Waals surface area contributed by atoms with Gasteiger partial charge in [-0.15, -0.1) is 0 Å². The number of aromatic nitrogens is 1. The molecule has 1 aromatic rings. The number of hydrogen-bond donors (Lipinski definition) is 0. The van der Waals surface area contributed by atoms with Gasteiger partial charge in [0.15, 0.2) is 5.82 Å². The Hall–Kier alpha value is -1.12. The van der Waals surface area contributed by atoms with Crippen LogP contribution in [0.5, 0.6) is 5.88 Å². The van der Waals surface area contributed by atoms with Gasteiger partial charge < -0.3 is 4.74 Å². The molecular formula is C9H12FNO. The van der Waals surface area contributed by atoms with Crippen molar-refractivity contribution in [3.05, 3.63) is 23.6 Å². The summed E-state index contributed by atoms with van der Waals surface area (Å²) in [5.74, 6) is -0.286. The fourth-order valence-electron chi connectivity index (χ4n) is 0.901. The quantitative estimate of drug-likeness (QED) is 0.691. The molecule has 12 heavy (non-hydrogen) atoms. The lowest BCUT2D eigenvalue weighted by molar-refractivity contribution is 0.307. The first-order valence-corrected chi connectivity index (χ1v) is 4.05. The van der Waals surface area contributed by atoms with Crippen LogP contribution < -0.4 is 4.74 Å². The molecule has 0 fully saturated rings. The molecule has 1 aromatic heterocycles. The molecule has 3 heteroatoms. The Labute approximate surface area is 71.4 Å². The highest BCUT2D eigenvalue weighted by Crippen LogP contribution is 2.14. The van der Waals surface area contributed by atoms with Gasteiger partial charge in [0.25, 0.3) is 0 Å². The Morgan fingerprint density at radius 2 is 2.25 bits per heavy atom. The van der Waals surface area contributed by atoms with Crippen molar-refractivity contribution in [2.24, 2.45) is 0 Å². The summed E-state index contributed by atoms with van der Waals surface area (Å²) in [5, 5.41) is 0. The third-order valence-corrected chi connectivity index (χ3v) is 1.55. The van der Waals surface area contributed by atoms with E-state index in [9.17, 15) is 4.39 Å². The number of aryl methyl sites for hydroxylation is 1. The average molecular weight is 169 g/mol. The monoisotopic (exact) mass is 169 g/mol. The van der Waals surface area contributed by atoms with Crippen LogP contribution in [0.3, 0.4) is 0 Å². The lowest BCUT2D eigenvalue weighted by Gasteiger charge is -2.03. The highest BCUT2D eigenvalue weighted by molar-refractivity contribution is 5.20. The maximum Gasteiger partial charge on any atom is 0.250 e. The van der Waals surface area contributed by atoms with Crippen LogP contribution in [0.1, 0.15) is 19.4 Å². The van der Waals surface area contributed by atoms with Gasteiger partial charge in [-0.25, -0.2) is 9.37 Å². The van der Waals surface area contributed by atoms with E-state index in [2.05, 4.69) is 4.98 Å². The highest BCUT2D eigenvalue weighted by atomic mass is 19.1. The van der Waals surface area contributed by atoms with Crippen LogP contribution in [0.25, 0.3) is 0 Å². The zero-order valence-electron chi connectivity index (χ0n) is 7.30. The molecule has 0 bridgehead atoms. The summed E-state index contributed by atoms with van der Waals surface area (Å²) >= 11 is 0. The second-order valence-electron chi connectivity index (χ2n) is 2.42. The summed E-state index contributed by atoms with van der Waals surface area (Å²) in [6.45, 7) is 4.20. The zero-order chi connectivity index (χ0) is 8.97. The maximum absolute atomic E-state index is 13.0. The Balaban J connectivity index is 2.87. The molecule has 0 N–H and O–H groups in total. The fourth-order valence-corrected chi connectivity index (χ4v) is 0.901. The molecular weight excluding hydrogens is 157 g/mol. The Kier molecular flexibility index (Phi) is 3.02. The van der Waals surface area contributed by atoms with E-state index < -0.39 is 0 Å². The smallest absolute Gasteiger partial charge is 0.250 e. The third kappa shape index (κ3) is 1.94. The molecule has 0 amide bonds. The number of ether oxygens (including phenoxy) is 1. The number of nitrogens with zero attached hydrogens (tertiary/aromatic N) is 1. The van der Waals surface area contributed by atoms with Gasteiger partial charge in [-0.1, -0.05) is 6.92 Å². The van der Waals surface area contributed by atoms with Gasteiger partial charge in [0, 0.05) is 6.20 Å². The van der Waals surface area contributed by atoms with Gasteiger partial charge in [0.05, 0.1) is 6.61 Å². The Bertz CT molecular complexity index is 263. The Morgan fingerprint density at radius 3 is 2.75 bits per heavy atom. The van der Waals surface area contributed by atoms with Crippen molar-refractivity contribution in [3.63, 3.8) is 0 Å². The molecule has 1 heterocycles. The molecule has 0 radical (unpaired) electrons. The van der Waals surface area contributed by atoms with Crippen molar-refractivity contribution in [1.82, 2.24) is 4.98 Å². The van der Waals surface area contributed by atoms with Crippen LogP contribution in [-0.4, -0.2) is 11.6 Å². The normalized spacial score (nSPS) is 9.92. The van der Waals surface area contributed by atoms with Crippen LogP contribution in [0.4, 0.5) is 4.39 Å². The lowest BCUT2D eigenvalue weighted by Crippen LogP contribution is -1.98. The molecule has 0 aliphatic rings. The summed E-state index contributed by atoms with van der Waals surface area (Å²) in [4.78, 5) is 3.84. The van der Waals surface area contributed by atoms with Crippen molar-refractivity contribution in [1.29, 1.82) is 0 Å². The molecule has 0 atom stereocenters. The molecule has 0 saturated carbocycles. The molecule has 0 aliphatic heterocycles. The van der Waals surface area contributed by atoms with E-state index >= 15 is 0 Å². The largest absolute Gasteiger partial charge is 0.476 e. The minimum absolute atomic E-state index is 0.0923. The predicted octanol–water partition coefficient (Wildman–Crippen LogP) is 2.18. The van der Waals surface area contributed by atoms with Gasteiger partial charge in [0.2, 0.25) is 5.88 Å². The average Bonchev–Trinajstić information content (AvgIpc) is 2.09. The van der Waals surface area contributed by atoms with Crippen LogP contribution in [-0.2, 0) is 6.42 Å². The van der Waals surface area contributed by atoms with Gasteiger partial charge in [-0.05, 0) is 25.0 Å². The van der Waals surface area contributed by atoms with E-state index in [4.69, 9.17) is 4.74 Å². The summed E-state index contributed by atoms with van der Waals surface area (Å²) in [6, 6.07) is 1.46. The number of hydrogen-bond acceptors (Lipinski definition) is 2. The summed E-state index contributed by atoms with van der Waals surface area (Å²) in [5.41, 5.74) is 0.885. The minimum Gasteiger partial charge on any atom is -0.476 e. The summed E-state index contributed by atoms with van der Waals surface area (Å²) in [6.07, 6.45) is 2.42. The number of rotatable bonds is 3. The summed E-state index contributed by atoms with van der Waals surface area (Å²) in [7, 11) is 0. The maximum atomic E-state index is 13.0. The van der Waals surface area contributed by atoms with Crippen molar-refractivity contribution >= 4 is 0 Å². The van der Waals surface area contributed by atoms with Crippen LogP contribution >= 0.6 is 0 Å². The first kappa shape index (κ1) is 8.97. The molecule has 0 aliphatic carbocycles. The van der Waals surface area contributed by atoms with Crippen molar-refractivity contribution in [3.8, 4) is 5.88 Å². The van der Waals surface area contributed by atoms with Gasteiger partial charge >= 0.3 is 0 Å². The van der Waals surface area contributed by atoms with Crippen LogP contribution in [0.2, 0.25) is 0 Å². The van der Waals surface area contributed by atoms with Crippen molar-refractivity contribution in [2.75, 3.05) is 6.61 Å². The molecule has 66 valence electrons. The number of halogens is 1. The molecule has 1 rings (SSSR count). The fraction of sp³-hybridized carbons (Fsp3) is 0.444.